The van der Waals surface area contributed by atoms with E-state index in [0.717, 1.165) is 10.0 Å². The van der Waals surface area contributed by atoms with Gasteiger partial charge in [-0.1, -0.05) is 12.1 Å². The summed E-state index contributed by atoms with van der Waals surface area (Å²) in [5, 5.41) is 0. The van der Waals surface area contributed by atoms with E-state index in [-0.39, 0.29) is 12.4 Å². The van der Waals surface area contributed by atoms with Crippen molar-refractivity contribution in [3.05, 3.63) is 57.6 Å². The molecule has 0 atom stereocenters. The number of carbonyl (C=O) groups excluding carboxylic acids is 1. The molecule has 0 bridgehead atoms. The maximum atomic E-state index is 12.6. The Morgan fingerprint density at radius 1 is 1.29 bits per heavy atom. The van der Waals surface area contributed by atoms with Crippen molar-refractivity contribution in [1.29, 1.82) is 0 Å². The second-order valence-corrected chi connectivity index (χ2v) is 6.10. The van der Waals surface area contributed by atoms with Crippen LogP contribution in [0.2, 0.25) is 0 Å². The average Bonchev–Trinajstić information content (AvgIpc) is 2.60. The average molecular weight is 389 g/mol. The zero-order chi connectivity index (χ0) is 17.1. The van der Waals surface area contributed by atoms with Gasteiger partial charge < -0.3 is 14.2 Å². The summed E-state index contributed by atoms with van der Waals surface area (Å²) in [4.78, 5) is 12.6. The summed E-state index contributed by atoms with van der Waals surface area (Å²) >= 11 is 3.50. The number of para-hydroxylation sites is 1. The fourth-order valence-electron chi connectivity index (χ4n) is 2.59. The molecule has 1 aliphatic heterocycles. The summed E-state index contributed by atoms with van der Waals surface area (Å²) in [6.45, 7) is 2.71. The number of ketones is 1. The minimum absolute atomic E-state index is 0.0131. The summed E-state index contributed by atoms with van der Waals surface area (Å²) in [5.74, 6) is 1.88. The third kappa shape index (κ3) is 3.17. The number of fused-ring (bicyclic) bond motifs is 1. The molecule has 0 N–H and O–H groups in total. The topological polar surface area (TPSA) is 44.8 Å². The number of hydrogen-bond donors (Lipinski definition) is 0. The molecule has 2 aromatic carbocycles. The van der Waals surface area contributed by atoms with Gasteiger partial charge in [-0.15, -0.1) is 0 Å². The summed E-state index contributed by atoms with van der Waals surface area (Å²) in [6.07, 6.45) is 1.82. The second-order valence-electron chi connectivity index (χ2n) is 5.25. The largest absolute Gasteiger partial charge is 0.493 e. The molecule has 0 fully saturated rings. The van der Waals surface area contributed by atoms with Crippen LogP contribution in [-0.2, 0) is 0 Å². The van der Waals surface area contributed by atoms with Gasteiger partial charge in [-0.2, -0.15) is 0 Å². The van der Waals surface area contributed by atoms with E-state index in [1.165, 1.54) is 0 Å². The molecule has 0 aliphatic carbocycles. The van der Waals surface area contributed by atoms with Crippen molar-refractivity contribution in [3.63, 3.8) is 0 Å². The van der Waals surface area contributed by atoms with Crippen LogP contribution < -0.4 is 14.2 Å². The van der Waals surface area contributed by atoms with Gasteiger partial charge in [0.05, 0.1) is 23.8 Å². The van der Waals surface area contributed by atoms with Crippen molar-refractivity contribution in [2.75, 3.05) is 20.3 Å². The molecular formula is C19H17BrO4. The maximum absolute atomic E-state index is 12.6. The molecule has 1 aliphatic rings. The highest BCUT2D eigenvalue weighted by atomic mass is 79.9. The molecule has 0 saturated carbocycles. The van der Waals surface area contributed by atoms with E-state index in [4.69, 9.17) is 14.2 Å². The van der Waals surface area contributed by atoms with Gasteiger partial charge in [-0.05, 0) is 58.8 Å². The van der Waals surface area contributed by atoms with E-state index in [1.54, 1.807) is 19.2 Å². The van der Waals surface area contributed by atoms with E-state index in [0.29, 0.717) is 35.0 Å². The van der Waals surface area contributed by atoms with Crippen molar-refractivity contribution < 1.29 is 19.0 Å². The summed E-state index contributed by atoms with van der Waals surface area (Å²) < 4.78 is 17.4. The highest BCUT2D eigenvalue weighted by molar-refractivity contribution is 9.10. The fourth-order valence-corrected chi connectivity index (χ4v) is 3.16. The lowest BCUT2D eigenvalue weighted by molar-refractivity contribution is 0.100. The molecule has 24 heavy (non-hydrogen) atoms. The Morgan fingerprint density at radius 3 is 2.83 bits per heavy atom. The lowest BCUT2D eigenvalue weighted by atomic mass is 9.98. The Balaban J connectivity index is 1.98. The Kier molecular flexibility index (Phi) is 4.90. The van der Waals surface area contributed by atoms with Gasteiger partial charge in [0.2, 0.25) is 0 Å². The predicted molar refractivity (Wildman–Crippen MR) is 96.1 cm³/mol. The van der Waals surface area contributed by atoms with Gasteiger partial charge in [0.25, 0.3) is 0 Å². The molecule has 0 amide bonds. The lowest BCUT2D eigenvalue weighted by Gasteiger charge is -2.19. The molecule has 2 aromatic rings. The van der Waals surface area contributed by atoms with Crippen LogP contribution in [0.3, 0.4) is 0 Å². The number of Topliss-reactive ketones (excluding diaryl/α,β-unsaturated/α-hetero) is 1. The number of rotatable bonds is 4. The molecule has 1 heterocycles. The Bertz CT molecular complexity index is 811. The van der Waals surface area contributed by atoms with Crippen LogP contribution in [-0.4, -0.2) is 26.1 Å². The van der Waals surface area contributed by atoms with Crippen LogP contribution in [0.15, 0.2) is 46.4 Å². The summed E-state index contributed by atoms with van der Waals surface area (Å²) in [7, 11) is 1.59. The monoisotopic (exact) mass is 388 g/mol. The molecule has 124 valence electrons. The highest BCUT2D eigenvalue weighted by Crippen LogP contribution is 2.37. The molecule has 0 saturated heterocycles. The van der Waals surface area contributed by atoms with Crippen molar-refractivity contribution >= 4 is 27.8 Å². The van der Waals surface area contributed by atoms with Crippen molar-refractivity contribution in [2.24, 2.45) is 0 Å². The minimum atomic E-state index is -0.0131. The van der Waals surface area contributed by atoms with Gasteiger partial charge in [-0.25, -0.2) is 0 Å². The molecule has 3 rings (SSSR count). The van der Waals surface area contributed by atoms with E-state index < -0.39 is 0 Å². The first-order valence-electron chi connectivity index (χ1n) is 7.61. The van der Waals surface area contributed by atoms with Crippen LogP contribution in [0, 0.1) is 0 Å². The van der Waals surface area contributed by atoms with E-state index in [1.807, 2.05) is 37.3 Å². The zero-order valence-corrected chi connectivity index (χ0v) is 15.1. The summed E-state index contributed by atoms with van der Waals surface area (Å²) in [5.41, 5.74) is 2.03. The SMILES string of the molecule is CCOc1c(Br)cc(C=C2COc3ccccc3C2=O)cc1OC. The van der Waals surface area contributed by atoms with Gasteiger partial charge in [-0.3, -0.25) is 4.79 Å². The minimum Gasteiger partial charge on any atom is -0.493 e. The zero-order valence-electron chi connectivity index (χ0n) is 13.5. The number of halogens is 1. The van der Waals surface area contributed by atoms with Gasteiger partial charge in [0.1, 0.15) is 12.4 Å². The maximum Gasteiger partial charge on any atom is 0.196 e. The Hall–Kier alpha value is -2.27. The van der Waals surface area contributed by atoms with E-state index in [9.17, 15) is 4.79 Å². The predicted octanol–water partition coefficient (Wildman–Crippen LogP) is 4.52. The molecule has 0 spiro atoms. The van der Waals surface area contributed by atoms with Crippen molar-refractivity contribution in [3.8, 4) is 17.2 Å². The van der Waals surface area contributed by atoms with Crippen LogP contribution in [0.25, 0.3) is 6.08 Å². The molecule has 0 aromatic heterocycles. The third-order valence-electron chi connectivity index (χ3n) is 3.69. The highest BCUT2D eigenvalue weighted by Gasteiger charge is 2.23. The number of hydrogen-bond acceptors (Lipinski definition) is 4. The van der Waals surface area contributed by atoms with Crippen LogP contribution in [0.4, 0.5) is 0 Å². The number of carbonyl (C=O) groups is 1. The number of ether oxygens (including phenoxy) is 3. The Labute approximate surface area is 149 Å². The summed E-state index contributed by atoms with van der Waals surface area (Å²) in [6, 6.07) is 11.0. The van der Waals surface area contributed by atoms with Gasteiger partial charge >= 0.3 is 0 Å². The quantitative estimate of drug-likeness (QED) is 0.722. The van der Waals surface area contributed by atoms with Gasteiger partial charge in [0.15, 0.2) is 17.3 Å². The first-order valence-corrected chi connectivity index (χ1v) is 8.40. The third-order valence-corrected chi connectivity index (χ3v) is 4.28. The van der Waals surface area contributed by atoms with Crippen LogP contribution in [0.5, 0.6) is 17.2 Å². The van der Waals surface area contributed by atoms with Crippen LogP contribution in [0.1, 0.15) is 22.8 Å². The Morgan fingerprint density at radius 2 is 2.08 bits per heavy atom. The molecule has 0 unspecified atom stereocenters. The lowest BCUT2D eigenvalue weighted by Crippen LogP contribution is -2.18. The normalized spacial score (nSPS) is 15.0. The van der Waals surface area contributed by atoms with Crippen LogP contribution >= 0.6 is 15.9 Å². The standard InChI is InChI=1S/C19H17BrO4/c1-3-23-19-15(20)9-12(10-17(19)22-2)8-13-11-24-16-7-5-4-6-14(16)18(13)21/h4-10H,3,11H2,1-2H3. The molecular weight excluding hydrogens is 372 g/mol. The van der Waals surface area contributed by atoms with Gasteiger partial charge in [0, 0.05) is 5.57 Å². The van der Waals surface area contributed by atoms with E-state index in [2.05, 4.69) is 15.9 Å². The number of methoxy groups -OCH3 is 1. The fraction of sp³-hybridized carbons (Fsp3) is 0.211. The second kappa shape index (κ2) is 7.09. The smallest absolute Gasteiger partial charge is 0.196 e. The molecule has 0 radical (unpaired) electrons. The van der Waals surface area contributed by atoms with Crippen molar-refractivity contribution in [1.82, 2.24) is 0 Å². The van der Waals surface area contributed by atoms with E-state index >= 15 is 0 Å². The molecule has 4 nitrogen and oxygen atoms in total. The van der Waals surface area contributed by atoms with Crippen molar-refractivity contribution in [2.45, 2.75) is 6.92 Å². The molecule has 5 heteroatoms. The number of benzene rings is 2. The first kappa shape index (κ1) is 16.6. The first-order chi connectivity index (χ1) is 11.6.